The number of aryl methyl sites for hydroxylation is 1. The maximum atomic E-state index is 13.1. The van der Waals surface area contributed by atoms with Crippen LogP contribution in [0.3, 0.4) is 0 Å². The van der Waals surface area contributed by atoms with Crippen molar-refractivity contribution < 1.29 is 8.42 Å². The highest BCUT2D eigenvalue weighted by atomic mass is 35.5. The zero-order valence-corrected chi connectivity index (χ0v) is 15.4. The van der Waals surface area contributed by atoms with Gasteiger partial charge in [0.1, 0.15) is 10.0 Å². The molecule has 25 heavy (non-hydrogen) atoms. The number of nitrogens with zero attached hydrogens (tertiary/aromatic N) is 3. The number of hydrogen-bond acceptors (Lipinski definition) is 4. The number of sulfonamides is 1. The zero-order valence-electron chi connectivity index (χ0n) is 13.9. The molecular weight excluding hydrogens is 358 g/mol. The van der Waals surface area contributed by atoms with Crippen LogP contribution in [0.2, 0.25) is 5.15 Å². The molecule has 0 radical (unpaired) electrons. The molecule has 0 spiro atoms. The van der Waals surface area contributed by atoms with Crippen LogP contribution in [-0.4, -0.2) is 33.0 Å². The monoisotopic (exact) mass is 377 g/mol. The molecule has 0 bridgehead atoms. The average molecular weight is 378 g/mol. The van der Waals surface area contributed by atoms with Gasteiger partial charge in [0.25, 0.3) is 10.0 Å². The van der Waals surface area contributed by atoms with Gasteiger partial charge in [-0.3, -0.25) is 4.31 Å². The fourth-order valence-electron chi connectivity index (χ4n) is 3.59. The molecule has 4 rings (SSSR count). The molecule has 3 heterocycles. The molecule has 0 unspecified atom stereocenters. The minimum Gasteiger partial charge on any atom is -0.371 e. The van der Waals surface area contributed by atoms with E-state index in [4.69, 9.17) is 11.6 Å². The highest BCUT2D eigenvalue weighted by molar-refractivity contribution is 7.92. The van der Waals surface area contributed by atoms with Crippen molar-refractivity contribution in [3.05, 3.63) is 47.2 Å². The van der Waals surface area contributed by atoms with E-state index in [1.54, 1.807) is 0 Å². The molecule has 1 aromatic heterocycles. The third kappa shape index (κ3) is 3.09. The van der Waals surface area contributed by atoms with Crippen LogP contribution in [-0.2, 0) is 16.4 Å². The van der Waals surface area contributed by atoms with Gasteiger partial charge in [-0.05, 0) is 55.5 Å². The van der Waals surface area contributed by atoms with Crippen molar-refractivity contribution in [3.8, 4) is 0 Å². The molecule has 0 aliphatic carbocycles. The van der Waals surface area contributed by atoms with Gasteiger partial charge in [0, 0.05) is 31.5 Å². The normalized spacial score (nSPS) is 17.6. The van der Waals surface area contributed by atoms with Crippen LogP contribution >= 0.6 is 11.6 Å². The second kappa shape index (κ2) is 6.50. The summed E-state index contributed by atoms with van der Waals surface area (Å²) in [6.07, 6.45) is 5.43. The second-order valence-electron chi connectivity index (χ2n) is 6.50. The Morgan fingerprint density at radius 1 is 1.00 bits per heavy atom. The number of anilines is 2. The number of rotatable bonds is 3. The first-order valence-electron chi connectivity index (χ1n) is 8.58. The first-order valence-corrected chi connectivity index (χ1v) is 10.4. The van der Waals surface area contributed by atoms with Crippen molar-refractivity contribution in [1.82, 2.24) is 4.98 Å². The van der Waals surface area contributed by atoms with Crippen LogP contribution in [0.15, 0.2) is 41.4 Å². The fraction of sp³-hybridized carbons (Fsp3) is 0.389. The van der Waals surface area contributed by atoms with Gasteiger partial charge in [-0.2, -0.15) is 0 Å². The van der Waals surface area contributed by atoms with E-state index in [9.17, 15) is 8.42 Å². The Morgan fingerprint density at radius 2 is 1.80 bits per heavy atom. The van der Waals surface area contributed by atoms with Gasteiger partial charge in [0.2, 0.25) is 0 Å². The lowest BCUT2D eigenvalue weighted by atomic mass is 10.0. The van der Waals surface area contributed by atoms with Gasteiger partial charge in [-0.25, -0.2) is 13.4 Å². The molecule has 2 aliphatic rings. The minimum atomic E-state index is -3.64. The number of pyridine rings is 1. The molecule has 5 nitrogen and oxygen atoms in total. The number of benzene rings is 1. The molecular formula is C18H20ClN3O2S. The molecule has 2 aromatic rings. The minimum absolute atomic E-state index is 0.177. The molecule has 2 aliphatic heterocycles. The summed E-state index contributed by atoms with van der Waals surface area (Å²) in [4.78, 5) is 6.43. The van der Waals surface area contributed by atoms with Crippen LogP contribution in [0.1, 0.15) is 24.8 Å². The van der Waals surface area contributed by atoms with Gasteiger partial charge in [-0.15, -0.1) is 0 Å². The Morgan fingerprint density at radius 3 is 2.52 bits per heavy atom. The summed E-state index contributed by atoms with van der Waals surface area (Å²) in [5, 5.41) is 0.286. The van der Waals surface area contributed by atoms with Gasteiger partial charge >= 0.3 is 0 Å². The summed E-state index contributed by atoms with van der Waals surface area (Å²) < 4.78 is 27.8. The van der Waals surface area contributed by atoms with Crippen LogP contribution in [0.4, 0.5) is 11.4 Å². The largest absolute Gasteiger partial charge is 0.371 e. The quantitative estimate of drug-likeness (QED) is 0.768. The topological polar surface area (TPSA) is 53.5 Å². The highest BCUT2D eigenvalue weighted by Gasteiger charge is 2.30. The van der Waals surface area contributed by atoms with Gasteiger partial charge in [0.15, 0.2) is 0 Å². The highest BCUT2D eigenvalue weighted by Crippen LogP contribution is 2.35. The van der Waals surface area contributed by atoms with Crippen molar-refractivity contribution >= 4 is 33.0 Å². The maximum Gasteiger partial charge on any atom is 0.265 e. The Kier molecular flexibility index (Phi) is 4.33. The van der Waals surface area contributed by atoms with Crippen molar-refractivity contribution in [3.63, 3.8) is 0 Å². The maximum absolute atomic E-state index is 13.1. The first kappa shape index (κ1) is 16.7. The Hall–Kier alpha value is -1.79. The first-order chi connectivity index (χ1) is 12.1. The van der Waals surface area contributed by atoms with E-state index in [2.05, 4.69) is 22.0 Å². The van der Waals surface area contributed by atoms with E-state index >= 15 is 0 Å². The van der Waals surface area contributed by atoms with E-state index in [1.807, 2.05) is 6.07 Å². The molecule has 7 heteroatoms. The predicted octanol–water partition coefficient (Wildman–Crippen LogP) is 3.48. The van der Waals surface area contributed by atoms with Crippen molar-refractivity contribution in [2.24, 2.45) is 0 Å². The van der Waals surface area contributed by atoms with Gasteiger partial charge in [-0.1, -0.05) is 17.7 Å². The molecule has 132 valence electrons. The van der Waals surface area contributed by atoms with Crippen LogP contribution in [0, 0.1) is 0 Å². The summed E-state index contributed by atoms with van der Waals surface area (Å²) in [6, 6.07) is 9.25. The lowest BCUT2D eigenvalue weighted by molar-refractivity contribution is 0.586. The Balaban J connectivity index is 1.75. The molecule has 0 N–H and O–H groups in total. The fourth-order valence-corrected chi connectivity index (χ4v) is 5.18. The van der Waals surface area contributed by atoms with E-state index in [1.165, 1.54) is 35.5 Å². The number of hydrogen-bond donors (Lipinski definition) is 0. The zero-order chi connectivity index (χ0) is 17.4. The van der Waals surface area contributed by atoms with E-state index in [0.717, 1.165) is 42.9 Å². The van der Waals surface area contributed by atoms with Crippen molar-refractivity contribution in [2.45, 2.75) is 30.6 Å². The summed E-state index contributed by atoms with van der Waals surface area (Å²) in [7, 11) is -3.64. The summed E-state index contributed by atoms with van der Waals surface area (Å²) in [5.41, 5.74) is 2.98. The van der Waals surface area contributed by atoms with Crippen LogP contribution in [0.5, 0.6) is 0 Å². The number of fused-ring (bicyclic) bond motifs is 1. The molecule has 0 amide bonds. The number of aromatic nitrogens is 1. The predicted molar refractivity (Wildman–Crippen MR) is 100.0 cm³/mol. The van der Waals surface area contributed by atoms with Crippen LogP contribution < -0.4 is 9.21 Å². The average Bonchev–Trinajstić information content (AvgIpc) is 3.16. The van der Waals surface area contributed by atoms with E-state index < -0.39 is 10.0 Å². The Labute approximate surface area is 153 Å². The van der Waals surface area contributed by atoms with Gasteiger partial charge in [0.05, 0.1) is 5.69 Å². The van der Waals surface area contributed by atoms with Crippen molar-refractivity contribution in [2.75, 3.05) is 28.8 Å². The second-order valence-corrected chi connectivity index (χ2v) is 8.75. The lowest BCUT2D eigenvalue weighted by Crippen LogP contribution is -2.35. The van der Waals surface area contributed by atoms with E-state index in [0.29, 0.717) is 6.54 Å². The van der Waals surface area contributed by atoms with Crippen LogP contribution in [0.25, 0.3) is 0 Å². The molecule has 1 fully saturated rings. The smallest absolute Gasteiger partial charge is 0.265 e. The molecule has 0 atom stereocenters. The Bertz CT molecular complexity index is 878. The van der Waals surface area contributed by atoms with Crippen molar-refractivity contribution in [1.29, 1.82) is 0 Å². The standard InChI is InChI=1S/C18H20ClN3O2S/c19-18-8-7-16(13-20-18)25(23,24)22-11-3-4-14-5-6-15(12-17(14)22)21-9-1-2-10-21/h5-8,12-13H,1-4,9-11H2. The third-order valence-electron chi connectivity index (χ3n) is 4.90. The summed E-state index contributed by atoms with van der Waals surface area (Å²) in [5.74, 6) is 0. The summed E-state index contributed by atoms with van der Waals surface area (Å²) in [6.45, 7) is 2.56. The molecule has 1 aromatic carbocycles. The van der Waals surface area contributed by atoms with E-state index in [-0.39, 0.29) is 10.0 Å². The number of halogens is 1. The van der Waals surface area contributed by atoms with Gasteiger partial charge < -0.3 is 4.90 Å². The molecule has 0 saturated carbocycles. The third-order valence-corrected chi connectivity index (χ3v) is 6.92. The summed E-state index contributed by atoms with van der Waals surface area (Å²) >= 11 is 5.80. The lowest BCUT2D eigenvalue weighted by Gasteiger charge is -2.32. The molecule has 1 saturated heterocycles. The SMILES string of the molecule is O=S(=O)(c1ccc(Cl)nc1)N1CCCc2ccc(N3CCCC3)cc21.